The quantitative estimate of drug-likeness (QED) is 0.823. The fourth-order valence-corrected chi connectivity index (χ4v) is 2.62. The van der Waals surface area contributed by atoms with Gasteiger partial charge in [-0.3, -0.25) is 9.69 Å². The van der Waals surface area contributed by atoms with Crippen molar-refractivity contribution in [2.24, 2.45) is 0 Å². The minimum absolute atomic E-state index is 0.102. The number of benzene rings is 1. The number of methoxy groups -OCH3 is 1. The van der Waals surface area contributed by atoms with Gasteiger partial charge in [0.25, 0.3) is 5.91 Å². The zero-order valence-electron chi connectivity index (χ0n) is 13.6. The number of nitrogens with one attached hydrogen (secondary N) is 1. The predicted octanol–water partition coefficient (Wildman–Crippen LogP) is 2.57. The number of hydrogen-bond donors (Lipinski definition) is 1. The van der Waals surface area contributed by atoms with Crippen LogP contribution in [-0.2, 0) is 11.3 Å². The molecule has 0 saturated carbocycles. The molecule has 126 valence electrons. The Kier molecular flexibility index (Phi) is 4.50. The summed E-state index contributed by atoms with van der Waals surface area (Å²) in [6, 6.07) is 6.47. The summed E-state index contributed by atoms with van der Waals surface area (Å²) in [5, 5.41) is 2.69. The smallest absolute Gasteiger partial charge is 0.325 e. The maximum absolute atomic E-state index is 12.2. The van der Waals surface area contributed by atoms with E-state index < -0.39 is 6.04 Å². The van der Waals surface area contributed by atoms with Gasteiger partial charge in [-0.25, -0.2) is 9.78 Å². The molecule has 1 aromatic carbocycles. The van der Waals surface area contributed by atoms with Crippen molar-refractivity contribution in [1.82, 2.24) is 15.2 Å². The number of carbonyl (C=O) groups excluding carboxylic acids is 2. The Morgan fingerprint density at radius 1 is 1.29 bits per heavy atom. The zero-order valence-corrected chi connectivity index (χ0v) is 13.6. The van der Waals surface area contributed by atoms with Gasteiger partial charge in [-0.15, -0.1) is 0 Å². The Morgan fingerprint density at radius 2 is 2.04 bits per heavy atom. The van der Waals surface area contributed by atoms with Crippen LogP contribution in [0, 0.1) is 0 Å². The number of nitrogens with zero attached hydrogens (tertiary/aromatic N) is 2. The topological polar surface area (TPSA) is 84.7 Å². The van der Waals surface area contributed by atoms with Crippen LogP contribution in [0.15, 0.2) is 34.9 Å². The molecule has 1 fully saturated rings. The van der Waals surface area contributed by atoms with Gasteiger partial charge in [-0.05, 0) is 30.7 Å². The maximum atomic E-state index is 12.2. The van der Waals surface area contributed by atoms with Gasteiger partial charge in [0.15, 0.2) is 0 Å². The van der Waals surface area contributed by atoms with E-state index in [4.69, 9.17) is 9.15 Å². The minimum atomic E-state index is -0.435. The summed E-state index contributed by atoms with van der Waals surface area (Å²) in [6.07, 6.45) is 2.93. The van der Waals surface area contributed by atoms with Crippen LogP contribution in [0.4, 0.5) is 4.79 Å². The largest absolute Gasteiger partial charge is 0.497 e. The molecule has 24 heavy (non-hydrogen) atoms. The molecule has 1 N–H and O–H groups in total. The second-order valence-corrected chi connectivity index (χ2v) is 5.59. The van der Waals surface area contributed by atoms with Crippen molar-refractivity contribution in [3.63, 3.8) is 0 Å². The first-order chi connectivity index (χ1) is 11.6. The molecule has 7 heteroatoms. The summed E-state index contributed by atoms with van der Waals surface area (Å²) >= 11 is 0. The number of aromatic nitrogens is 1. The molecule has 0 unspecified atom stereocenters. The molecule has 1 atom stereocenters. The number of carbonyl (C=O) groups is 2. The van der Waals surface area contributed by atoms with Crippen LogP contribution in [0.25, 0.3) is 11.5 Å². The first kappa shape index (κ1) is 16.0. The number of imide groups is 1. The predicted molar refractivity (Wildman–Crippen MR) is 86.3 cm³/mol. The summed E-state index contributed by atoms with van der Waals surface area (Å²) in [7, 11) is 1.60. The Labute approximate surface area is 139 Å². The molecule has 0 bridgehead atoms. The van der Waals surface area contributed by atoms with E-state index >= 15 is 0 Å². The third kappa shape index (κ3) is 3.10. The van der Waals surface area contributed by atoms with Crippen molar-refractivity contribution >= 4 is 11.9 Å². The highest BCUT2D eigenvalue weighted by molar-refractivity contribution is 6.04. The highest BCUT2D eigenvalue weighted by atomic mass is 16.5. The lowest BCUT2D eigenvalue weighted by molar-refractivity contribution is -0.128. The molecule has 0 radical (unpaired) electrons. The molecular weight excluding hydrogens is 310 g/mol. The second kappa shape index (κ2) is 6.74. The number of hydrogen-bond acceptors (Lipinski definition) is 5. The summed E-state index contributed by atoms with van der Waals surface area (Å²) < 4.78 is 10.6. The Bertz CT molecular complexity index is 739. The minimum Gasteiger partial charge on any atom is -0.497 e. The van der Waals surface area contributed by atoms with E-state index in [-0.39, 0.29) is 18.5 Å². The molecule has 0 spiro atoms. The van der Waals surface area contributed by atoms with Crippen LogP contribution in [-0.4, -0.2) is 35.0 Å². The molecule has 0 aliphatic carbocycles. The summed E-state index contributed by atoms with van der Waals surface area (Å²) in [6.45, 7) is 2.07. The number of amides is 3. The zero-order chi connectivity index (χ0) is 17.1. The van der Waals surface area contributed by atoms with Crippen molar-refractivity contribution in [2.75, 3.05) is 7.11 Å². The average Bonchev–Trinajstić information content (AvgIpc) is 3.16. The van der Waals surface area contributed by atoms with E-state index in [9.17, 15) is 9.59 Å². The van der Waals surface area contributed by atoms with Crippen molar-refractivity contribution in [1.29, 1.82) is 0 Å². The summed E-state index contributed by atoms with van der Waals surface area (Å²) in [5.74, 6) is 0.965. The molecular formula is C17H19N3O4. The van der Waals surface area contributed by atoms with Crippen LogP contribution < -0.4 is 10.1 Å². The maximum Gasteiger partial charge on any atom is 0.325 e. The molecule has 1 aromatic heterocycles. The molecule has 2 heterocycles. The third-order valence-corrected chi connectivity index (χ3v) is 3.89. The molecule has 3 amide bonds. The Morgan fingerprint density at radius 3 is 2.71 bits per heavy atom. The van der Waals surface area contributed by atoms with Gasteiger partial charge < -0.3 is 14.5 Å². The van der Waals surface area contributed by atoms with Crippen LogP contribution in [0.3, 0.4) is 0 Å². The summed E-state index contributed by atoms with van der Waals surface area (Å²) in [5.41, 5.74) is 1.32. The standard InChI is InChI=1S/C17H19N3O4/c1-3-4-14-16(21)20(17(22)19-14)9-12-10-24-15(18-12)11-5-7-13(23-2)8-6-11/h5-8,10,14H,3-4,9H2,1-2H3,(H,19,22)/t14-/m0/s1. The molecule has 2 aromatic rings. The van der Waals surface area contributed by atoms with Gasteiger partial charge in [0.1, 0.15) is 18.1 Å². The Balaban J connectivity index is 1.71. The monoisotopic (exact) mass is 329 g/mol. The van der Waals surface area contributed by atoms with Gasteiger partial charge in [-0.2, -0.15) is 0 Å². The molecule has 1 aliphatic rings. The van der Waals surface area contributed by atoms with Gasteiger partial charge in [-0.1, -0.05) is 13.3 Å². The van der Waals surface area contributed by atoms with Crippen LogP contribution in [0.2, 0.25) is 0 Å². The van der Waals surface area contributed by atoms with E-state index in [2.05, 4.69) is 10.3 Å². The normalized spacial score (nSPS) is 17.2. The van der Waals surface area contributed by atoms with E-state index in [0.29, 0.717) is 18.0 Å². The van der Waals surface area contributed by atoms with Gasteiger partial charge in [0.05, 0.1) is 19.3 Å². The lowest BCUT2D eigenvalue weighted by atomic mass is 10.2. The Hall–Kier alpha value is -2.83. The van der Waals surface area contributed by atoms with Crippen LogP contribution >= 0.6 is 0 Å². The van der Waals surface area contributed by atoms with E-state index in [1.807, 2.05) is 31.2 Å². The SMILES string of the molecule is CCC[C@@H]1NC(=O)N(Cc2coc(-c3ccc(OC)cc3)n2)C1=O. The summed E-state index contributed by atoms with van der Waals surface area (Å²) in [4.78, 5) is 29.7. The molecule has 3 rings (SSSR count). The van der Waals surface area contributed by atoms with E-state index in [0.717, 1.165) is 17.7 Å². The van der Waals surface area contributed by atoms with Crippen molar-refractivity contribution in [2.45, 2.75) is 32.4 Å². The van der Waals surface area contributed by atoms with Crippen LogP contribution in [0.1, 0.15) is 25.5 Å². The second-order valence-electron chi connectivity index (χ2n) is 5.59. The molecule has 1 saturated heterocycles. The average molecular weight is 329 g/mol. The molecule has 1 aliphatic heterocycles. The van der Waals surface area contributed by atoms with E-state index in [1.54, 1.807) is 7.11 Å². The fourth-order valence-electron chi connectivity index (χ4n) is 2.62. The highest BCUT2D eigenvalue weighted by Crippen LogP contribution is 2.23. The number of ether oxygens (including phenoxy) is 1. The fraction of sp³-hybridized carbons (Fsp3) is 0.353. The lowest BCUT2D eigenvalue weighted by Crippen LogP contribution is -2.31. The van der Waals surface area contributed by atoms with Gasteiger partial charge >= 0.3 is 6.03 Å². The van der Waals surface area contributed by atoms with Crippen LogP contribution in [0.5, 0.6) is 5.75 Å². The number of urea groups is 1. The van der Waals surface area contributed by atoms with Gasteiger partial charge in [0, 0.05) is 5.56 Å². The number of rotatable bonds is 6. The van der Waals surface area contributed by atoms with E-state index in [1.165, 1.54) is 11.2 Å². The van der Waals surface area contributed by atoms with Crippen molar-refractivity contribution < 1.29 is 18.7 Å². The highest BCUT2D eigenvalue weighted by Gasteiger charge is 2.37. The lowest BCUT2D eigenvalue weighted by Gasteiger charge is -2.10. The first-order valence-corrected chi connectivity index (χ1v) is 7.83. The van der Waals surface area contributed by atoms with Crippen molar-refractivity contribution in [3.05, 3.63) is 36.2 Å². The number of oxazole rings is 1. The third-order valence-electron chi connectivity index (χ3n) is 3.89. The van der Waals surface area contributed by atoms with Crippen molar-refractivity contribution in [3.8, 4) is 17.2 Å². The molecule has 7 nitrogen and oxygen atoms in total. The first-order valence-electron chi connectivity index (χ1n) is 7.83. The van der Waals surface area contributed by atoms with Gasteiger partial charge in [0.2, 0.25) is 5.89 Å².